The van der Waals surface area contributed by atoms with Crippen molar-refractivity contribution in [3.05, 3.63) is 54.1 Å². The normalized spacial score (nSPS) is 10.5. The Morgan fingerprint density at radius 2 is 1.71 bits per heavy atom. The summed E-state index contributed by atoms with van der Waals surface area (Å²) in [5.41, 5.74) is 3.93. The first-order chi connectivity index (χ1) is 8.29. The van der Waals surface area contributed by atoms with E-state index < -0.39 is 0 Å². The van der Waals surface area contributed by atoms with E-state index in [0.29, 0.717) is 0 Å². The minimum Gasteiger partial charge on any atom is -0.143 e. The molecule has 88 valence electrons. The lowest BCUT2D eigenvalue weighted by atomic mass is 10.0. The largest absolute Gasteiger partial charge is 0.143 e. The standard InChI is InChI=1S/C16H18S/c1-2-3-5-13-8-10-14(11-9-13)15-6-4-7-16(17)12-15/h4,6-12,17H,2-3,5H2,1H3. The Hall–Kier alpha value is -1.21. The quantitative estimate of drug-likeness (QED) is 0.718. The second kappa shape index (κ2) is 5.92. The van der Waals surface area contributed by atoms with E-state index in [9.17, 15) is 0 Å². The third kappa shape index (κ3) is 3.37. The van der Waals surface area contributed by atoms with Gasteiger partial charge in [-0.1, -0.05) is 49.7 Å². The van der Waals surface area contributed by atoms with Crippen LogP contribution in [0.3, 0.4) is 0 Å². The van der Waals surface area contributed by atoms with Gasteiger partial charge in [-0.15, -0.1) is 12.6 Å². The van der Waals surface area contributed by atoms with Crippen LogP contribution in [-0.2, 0) is 6.42 Å². The van der Waals surface area contributed by atoms with Crippen molar-refractivity contribution in [1.29, 1.82) is 0 Å². The predicted octanol–water partition coefficient (Wildman–Crippen LogP) is 4.98. The van der Waals surface area contributed by atoms with Crippen LogP contribution in [0.4, 0.5) is 0 Å². The van der Waals surface area contributed by atoms with Gasteiger partial charge in [-0.25, -0.2) is 0 Å². The summed E-state index contributed by atoms with van der Waals surface area (Å²) < 4.78 is 0. The Balaban J connectivity index is 2.17. The van der Waals surface area contributed by atoms with Crippen LogP contribution in [0.15, 0.2) is 53.4 Å². The molecule has 0 spiro atoms. The zero-order valence-electron chi connectivity index (χ0n) is 10.2. The molecular weight excluding hydrogens is 224 g/mol. The molecule has 0 radical (unpaired) electrons. The molecule has 2 rings (SSSR count). The first-order valence-corrected chi connectivity index (χ1v) is 6.62. The van der Waals surface area contributed by atoms with Gasteiger partial charge in [0.2, 0.25) is 0 Å². The van der Waals surface area contributed by atoms with Crippen LogP contribution in [0, 0.1) is 0 Å². The van der Waals surface area contributed by atoms with Gasteiger partial charge in [0.05, 0.1) is 0 Å². The highest BCUT2D eigenvalue weighted by atomic mass is 32.1. The molecule has 1 heteroatoms. The second-order valence-corrected chi connectivity index (χ2v) is 4.87. The number of thiol groups is 1. The van der Waals surface area contributed by atoms with Crippen molar-refractivity contribution in [2.45, 2.75) is 31.1 Å². The summed E-state index contributed by atoms with van der Waals surface area (Å²) in [4.78, 5) is 1.01. The fraction of sp³-hybridized carbons (Fsp3) is 0.250. The summed E-state index contributed by atoms with van der Waals surface area (Å²) in [6.07, 6.45) is 3.71. The molecule has 0 amide bonds. The average molecular weight is 242 g/mol. The van der Waals surface area contributed by atoms with Crippen LogP contribution >= 0.6 is 12.6 Å². The fourth-order valence-corrected chi connectivity index (χ4v) is 2.16. The molecular formula is C16H18S. The summed E-state index contributed by atoms with van der Waals surface area (Å²) in [6.45, 7) is 2.23. The van der Waals surface area contributed by atoms with Crippen molar-refractivity contribution in [1.82, 2.24) is 0 Å². The maximum absolute atomic E-state index is 4.37. The van der Waals surface area contributed by atoms with Crippen molar-refractivity contribution in [2.75, 3.05) is 0 Å². The molecule has 2 aromatic carbocycles. The highest BCUT2D eigenvalue weighted by Crippen LogP contribution is 2.22. The number of rotatable bonds is 4. The second-order valence-electron chi connectivity index (χ2n) is 4.35. The van der Waals surface area contributed by atoms with Crippen LogP contribution in [0.1, 0.15) is 25.3 Å². The Morgan fingerprint density at radius 3 is 2.35 bits per heavy atom. The van der Waals surface area contributed by atoms with Gasteiger partial charge in [0.25, 0.3) is 0 Å². The Morgan fingerprint density at radius 1 is 0.941 bits per heavy atom. The highest BCUT2D eigenvalue weighted by Gasteiger charge is 1.98. The molecule has 0 aliphatic heterocycles. The van der Waals surface area contributed by atoms with Crippen LogP contribution in [-0.4, -0.2) is 0 Å². The maximum Gasteiger partial charge on any atom is 0.00461 e. The molecule has 0 nitrogen and oxygen atoms in total. The Kier molecular flexibility index (Phi) is 4.27. The Labute approximate surface area is 109 Å². The van der Waals surface area contributed by atoms with E-state index in [1.54, 1.807) is 0 Å². The summed E-state index contributed by atoms with van der Waals surface area (Å²) in [5.74, 6) is 0. The SMILES string of the molecule is CCCCc1ccc(-c2cccc(S)c2)cc1. The number of hydrogen-bond acceptors (Lipinski definition) is 1. The van der Waals surface area contributed by atoms with Gasteiger partial charge in [-0.3, -0.25) is 0 Å². The van der Waals surface area contributed by atoms with Crippen LogP contribution in [0.2, 0.25) is 0 Å². The van der Waals surface area contributed by atoms with E-state index in [1.165, 1.54) is 36.0 Å². The summed E-state index contributed by atoms with van der Waals surface area (Å²) in [5, 5.41) is 0. The zero-order chi connectivity index (χ0) is 12.1. The van der Waals surface area contributed by atoms with Crippen molar-refractivity contribution in [3.63, 3.8) is 0 Å². The van der Waals surface area contributed by atoms with E-state index in [-0.39, 0.29) is 0 Å². The van der Waals surface area contributed by atoms with Gasteiger partial charge >= 0.3 is 0 Å². The summed E-state index contributed by atoms with van der Waals surface area (Å²) in [6, 6.07) is 17.1. The van der Waals surface area contributed by atoms with Gasteiger partial charge in [0.15, 0.2) is 0 Å². The molecule has 0 fully saturated rings. The molecule has 0 aliphatic carbocycles. The Bertz CT molecular complexity index is 471. The molecule has 0 atom stereocenters. The van der Waals surface area contributed by atoms with Gasteiger partial charge in [-0.2, -0.15) is 0 Å². The molecule has 0 aliphatic rings. The van der Waals surface area contributed by atoms with E-state index in [2.05, 4.69) is 56.0 Å². The molecule has 0 saturated carbocycles. The van der Waals surface area contributed by atoms with Crippen molar-refractivity contribution >= 4 is 12.6 Å². The lowest BCUT2D eigenvalue weighted by Gasteiger charge is -2.05. The molecule has 0 aromatic heterocycles. The highest BCUT2D eigenvalue weighted by molar-refractivity contribution is 7.80. The molecule has 0 saturated heterocycles. The first-order valence-electron chi connectivity index (χ1n) is 6.18. The van der Waals surface area contributed by atoms with Gasteiger partial charge < -0.3 is 0 Å². The van der Waals surface area contributed by atoms with E-state index >= 15 is 0 Å². The average Bonchev–Trinajstić information content (AvgIpc) is 2.37. The molecule has 0 heterocycles. The molecule has 2 aromatic rings. The van der Waals surface area contributed by atoms with Crippen molar-refractivity contribution in [2.24, 2.45) is 0 Å². The molecule has 0 unspecified atom stereocenters. The lowest BCUT2D eigenvalue weighted by molar-refractivity contribution is 0.795. The molecule has 0 bridgehead atoms. The third-order valence-corrected chi connectivity index (χ3v) is 3.23. The van der Waals surface area contributed by atoms with Gasteiger partial charge in [0.1, 0.15) is 0 Å². The van der Waals surface area contributed by atoms with Gasteiger partial charge in [0, 0.05) is 4.90 Å². The minimum absolute atomic E-state index is 1.01. The molecule has 17 heavy (non-hydrogen) atoms. The van der Waals surface area contributed by atoms with Crippen molar-refractivity contribution < 1.29 is 0 Å². The number of aryl methyl sites for hydroxylation is 1. The summed E-state index contributed by atoms with van der Waals surface area (Å²) in [7, 11) is 0. The zero-order valence-corrected chi connectivity index (χ0v) is 11.1. The lowest BCUT2D eigenvalue weighted by Crippen LogP contribution is -1.85. The first kappa shape index (κ1) is 12.3. The molecule has 0 N–H and O–H groups in total. The third-order valence-electron chi connectivity index (χ3n) is 2.95. The van der Waals surface area contributed by atoms with Crippen LogP contribution in [0.5, 0.6) is 0 Å². The smallest absolute Gasteiger partial charge is 0.00461 e. The van der Waals surface area contributed by atoms with Crippen LogP contribution in [0.25, 0.3) is 11.1 Å². The van der Waals surface area contributed by atoms with Gasteiger partial charge in [-0.05, 0) is 41.7 Å². The number of unbranched alkanes of at least 4 members (excludes halogenated alkanes) is 1. The van der Waals surface area contributed by atoms with E-state index in [4.69, 9.17) is 0 Å². The van der Waals surface area contributed by atoms with E-state index in [1.807, 2.05) is 12.1 Å². The predicted molar refractivity (Wildman–Crippen MR) is 77.7 cm³/mol. The number of benzene rings is 2. The summed E-state index contributed by atoms with van der Waals surface area (Å²) >= 11 is 4.37. The maximum atomic E-state index is 4.37. The topological polar surface area (TPSA) is 0 Å². The van der Waals surface area contributed by atoms with E-state index in [0.717, 1.165) is 4.90 Å². The fourth-order valence-electron chi connectivity index (χ4n) is 1.93. The monoisotopic (exact) mass is 242 g/mol. The van der Waals surface area contributed by atoms with Crippen molar-refractivity contribution in [3.8, 4) is 11.1 Å². The minimum atomic E-state index is 1.01. The van der Waals surface area contributed by atoms with Crippen LogP contribution < -0.4 is 0 Å². The number of hydrogen-bond donors (Lipinski definition) is 1.